The summed E-state index contributed by atoms with van der Waals surface area (Å²) in [4.78, 5) is 25.5. The predicted molar refractivity (Wildman–Crippen MR) is 99.5 cm³/mol. The van der Waals surface area contributed by atoms with Gasteiger partial charge in [-0.05, 0) is 43.2 Å². The molecule has 1 aliphatic heterocycles. The van der Waals surface area contributed by atoms with Crippen molar-refractivity contribution in [3.63, 3.8) is 0 Å². The van der Waals surface area contributed by atoms with Gasteiger partial charge < -0.3 is 24.8 Å². The maximum Gasteiger partial charge on any atom is 0.240 e. The molecule has 0 spiro atoms. The highest BCUT2D eigenvalue weighted by Gasteiger charge is 2.56. The van der Waals surface area contributed by atoms with Crippen molar-refractivity contribution in [3.8, 4) is 17.2 Å². The molecule has 2 aromatic rings. The van der Waals surface area contributed by atoms with Crippen molar-refractivity contribution in [1.29, 1.82) is 0 Å². The molecule has 2 aromatic carbocycles. The number of anilines is 2. The zero-order chi connectivity index (χ0) is 19.0. The molecule has 140 valence electrons. The van der Waals surface area contributed by atoms with Crippen molar-refractivity contribution in [2.75, 3.05) is 24.5 Å². The number of ether oxygens (including phenoxy) is 3. The number of hydrogen-bond acceptors (Lipinski definition) is 5. The van der Waals surface area contributed by atoms with Crippen LogP contribution >= 0.6 is 11.6 Å². The molecule has 0 unspecified atom stereocenters. The minimum atomic E-state index is -1.11. The van der Waals surface area contributed by atoms with Gasteiger partial charge in [-0.15, -0.1) is 0 Å². The number of carbonyl (C=O) groups is 2. The summed E-state index contributed by atoms with van der Waals surface area (Å²) in [6, 6.07) is 10.0. The van der Waals surface area contributed by atoms with Crippen LogP contribution in [-0.2, 0) is 9.59 Å². The van der Waals surface area contributed by atoms with Crippen LogP contribution in [0.3, 0.4) is 0 Å². The summed E-state index contributed by atoms with van der Waals surface area (Å²) in [5.41, 5.74) is -0.134. The van der Waals surface area contributed by atoms with Crippen molar-refractivity contribution in [3.05, 3.63) is 41.4 Å². The first-order valence-corrected chi connectivity index (χ1v) is 8.76. The van der Waals surface area contributed by atoms with E-state index in [0.29, 0.717) is 46.5 Å². The Morgan fingerprint density at radius 3 is 2.52 bits per heavy atom. The van der Waals surface area contributed by atoms with Crippen molar-refractivity contribution in [1.82, 2.24) is 0 Å². The molecule has 1 heterocycles. The zero-order valence-electron chi connectivity index (χ0n) is 14.5. The minimum absolute atomic E-state index is 0.153. The van der Waals surface area contributed by atoms with Gasteiger partial charge in [0, 0.05) is 16.8 Å². The summed E-state index contributed by atoms with van der Waals surface area (Å²) in [5.74, 6) is 0.909. The number of amides is 2. The van der Waals surface area contributed by atoms with E-state index in [1.54, 1.807) is 36.4 Å². The predicted octanol–water partition coefficient (Wildman–Crippen LogP) is 3.43. The second kappa shape index (κ2) is 6.66. The van der Waals surface area contributed by atoms with E-state index < -0.39 is 5.41 Å². The first-order chi connectivity index (χ1) is 13.0. The van der Waals surface area contributed by atoms with E-state index in [4.69, 9.17) is 25.8 Å². The maximum absolute atomic E-state index is 12.8. The smallest absolute Gasteiger partial charge is 0.240 e. The number of carbonyl (C=O) groups excluding carboxylic acids is 2. The maximum atomic E-state index is 12.8. The van der Waals surface area contributed by atoms with Crippen molar-refractivity contribution in [2.45, 2.75) is 12.8 Å². The molecule has 1 aliphatic carbocycles. The lowest BCUT2D eigenvalue weighted by atomic mass is 10.0. The lowest BCUT2D eigenvalue weighted by Gasteiger charge is -2.17. The Bertz CT molecular complexity index is 926. The third-order valence-electron chi connectivity index (χ3n) is 4.66. The van der Waals surface area contributed by atoms with E-state index in [-0.39, 0.29) is 18.6 Å². The third kappa shape index (κ3) is 3.26. The van der Waals surface area contributed by atoms with E-state index in [1.165, 1.54) is 7.11 Å². The second-order valence-corrected chi connectivity index (χ2v) is 6.84. The van der Waals surface area contributed by atoms with E-state index >= 15 is 0 Å². The summed E-state index contributed by atoms with van der Waals surface area (Å²) in [6.45, 7) is 0.153. The van der Waals surface area contributed by atoms with Crippen LogP contribution in [0.1, 0.15) is 12.8 Å². The van der Waals surface area contributed by atoms with Crippen LogP contribution in [0.4, 0.5) is 11.4 Å². The Labute approximate surface area is 160 Å². The molecular formula is C19H17ClN2O5. The topological polar surface area (TPSA) is 85.9 Å². The van der Waals surface area contributed by atoms with E-state index in [1.807, 2.05) is 0 Å². The van der Waals surface area contributed by atoms with Gasteiger partial charge in [0.05, 0.1) is 12.8 Å². The van der Waals surface area contributed by atoms with Crippen molar-refractivity contribution in [2.24, 2.45) is 5.41 Å². The molecule has 0 aromatic heterocycles. The van der Waals surface area contributed by atoms with Crippen LogP contribution in [-0.4, -0.2) is 25.7 Å². The molecule has 2 N–H and O–H groups in total. The first-order valence-electron chi connectivity index (χ1n) is 8.38. The molecule has 0 saturated heterocycles. The zero-order valence-corrected chi connectivity index (χ0v) is 15.3. The van der Waals surface area contributed by atoms with E-state index in [2.05, 4.69) is 10.6 Å². The van der Waals surface area contributed by atoms with Crippen LogP contribution < -0.4 is 24.8 Å². The molecule has 7 nitrogen and oxygen atoms in total. The highest BCUT2D eigenvalue weighted by molar-refractivity contribution is 6.31. The molecule has 0 atom stereocenters. The van der Waals surface area contributed by atoms with Crippen molar-refractivity contribution >= 4 is 34.8 Å². The SMILES string of the molecule is COc1ccc(Cl)cc1NC(=O)C1(C(=O)Nc2ccc3c(c2)OCO3)CC1. The Kier molecular flexibility index (Phi) is 4.31. The third-order valence-corrected chi connectivity index (χ3v) is 4.89. The molecule has 1 saturated carbocycles. The van der Waals surface area contributed by atoms with Crippen LogP contribution in [0, 0.1) is 5.41 Å². The lowest BCUT2D eigenvalue weighted by Crippen LogP contribution is -2.35. The number of fused-ring (bicyclic) bond motifs is 1. The number of hydrogen-bond donors (Lipinski definition) is 2. The highest BCUT2D eigenvalue weighted by atomic mass is 35.5. The molecule has 27 heavy (non-hydrogen) atoms. The minimum Gasteiger partial charge on any atom is -0.495 e. The van der Waals surface area contributed by atoms with Gasteiger partial charge in [-0.25, -0.2) is 0 Å². The normalized spacial score (nSPS) is 15.8. The van der Waals surface area contributed by atoms with Gasteiger partial charge in [0.15, 0.2) is 11.5 Å². The molecule has 1 fully saturated rings. The fraction of sp³-hybridized carbons (Fsp3) is 0.263. The Morgan fingerprint density at radius 2 is 1.78 bits per heavy atom. The van der Waals surface area contributed by atoms with Gasteiger partial charge >= 0.3 is 0 Å². The Morgan fingerprint density at radius 1 is 1.04 bits per heavy atom. The molecule has 4 rings (SSSR count). The fourth-order valence-corrected chi connectivity index (χ4v) is 3.10. The summed E-state index contributed by atoms with van der Waals surface area (Å²) in [7, 11) is 1.50. The highest BCUT2D eigenvalue weighted by Crippen LogP contribution is 2.48. The summed E-state index contributed by atoms with van der Waals surface area (Å²) in [6.07, 6.45) is 0.941. The van der Waals surface area contributed by atoms with Crippen LogP contribution in [0.5, 0.6) is 17.2 Å². The van der Waals surface area contributed by atoms with Gasteiger partial charge in [-0.3, -0.25) is 9.59 Å². The molecular weight excluding hydrogens is 372 g/mol. The summed E-state index contributed by atoms with van der Waals surface area (Å²) < 4.78 is 15.8. The Hall–Kier alpha value is -2.93. The van der Waals surface area contributed by atoms with E-state index in [9.17, 15) is 9.59 Å². The van der Waals surface area contributed by atoms with Gasteiger partial charge in [0.1, 0.15) is 11.2 Å². The molecule has 8 heteroatoms. The monoisotopic (exact) mass is 388 g/mol. The van der Waals surface area contributed by atoms with Crippen LogP contribution in [0.2, 0.25) is 5.02 Å². The second-order valence-electron chi connectivity index (χ2n) is 6.40. The Balaban J connectivity index is 1.49. The molecule has 0 radical (unpaired) electrons. The lowest BCUT2D eigenvalue weighted by molar-refractivity contribution is -0.131. The fourth-order valence-electron chi connectivity index (χ4n) is 2.93. The standard InChI is InChI=1S/C19H17ClN2O5/c1-25-14-4-2-11(20)8-13(14)22-18(24)19(6-7-19)17(23)21-12-3-5-15-16(9-12)27-10-26-15/h2-5,8-9H,6-7,10H2,1H3,(H,21,23)(H,22,24). The average Bonchev–Trinajstić information content (AvgIpc) is 3.34. The quantitative estimate of drug-likeness (QED) is 0.766. The number of benzene rings is 2. The van der Waals surface area contributed by atoms with E-state index in [0.717, 1.165) is 0 Å². The van der Waals surface area contributed by atoms with Gasteiger partial charge in [0.2, 0.25) is 18.6 Å². The van der Waals surface area contributed by atoms with Crippen LogP contribution in [0.25, 0.3) is 0 Å². The largest absolute Gasteiger partial charge is 0.495 e. The summed E-state index contributed by atoms with van der Waals surface area (Å²) in [5, 5.41) is 6.01. The molecule has 0 bridgehead atoms. The van der Waals surface area contributed by atoms with Gasteiger partial charge in [0.25, 0.3) is 0 Å². The number of nitrogens with one attached hydrogen (secondary N) is 2. The number of halogens is 1. The van der Waals surface area contributed by atoms with Gasteiger partial charge in [-0.1, -0.05) is 11.6 Å². The number of methoxy groups -OCH3 is 1. The number of rotatable bonds is 5. The van der Waals surface area contributed by atoms with Crippen molar-refractivity contribution < 1.29 is 23.8 Å². The van der Waals surface area contributed by atoms with Gasteiger partial charge in [-0.2, -0.15) is 0 Å². The molecule has 2 amide bonds. The first kappa shape index (κ1) is 17.5. The summed E-state index contributed by atoms with van der Waals surface area (Å²) >= 11 is 6.00. The average molecular weight is 389 g/mol. The molecule has 2 aliphatic rings. The van der Waals surface area contributed by atoms with Crippen LogP contribution in [0.15, 0.2) is 36.4 Å².